The summed E-state index contributed by atoms with van der Waals surface area (Å²) >= 11 is 0. The van der Waals surface area contributed by atoms with Gasteiger partial charge in [0.05, 0.1) is 12.6 Å². The van der Waals surface area contributed by atoms with Gasteiger partial charge in [-0.3, -0.25) is 14.5 Å². The number of hydrogen-bond acceptors (Lipinski definition) is 6. The van der Waals surface area contributed by atoms with E-state index in [0.717, 1.165) is 51.4 Å². The number of nitriles is 1. The van der Waals surface area contributed by atoms with Gasteiger partial charge in [0.1, 0.15) is 18.8 Å². The van der Waals surface area contributed by atoms with Crippen molar-refractivity contribution in [3.8, 4) is 17.6 Å². The maximum Gasteiger partial charge on any atom is 0.235 e. The summed E-state index contributed by atoms with van der Waals surface area (Å²) < 4.78 is 11.1. The molecule has 1 saturated heterocycles. The Bertz CT molecular complexity index is 847. The maximum atomic E-state index is 13.0. The number of likely N-dealkylation sites (tertiary alicyclic amines) is 1. The van der Waals surface area contributed by atoms with E-state index in [-0.39, 0.29) is 24.2 Å². The van der Waals surface area contributed by atoms with E-state index in [1.54, 1.807) is 12.1 Å². The first kappa shape index (κ1) is 21.6. The van der Waals surface area contributed by atoms with Crippen molar-refractivity contribution in [2.24, 2.45) is 5.92 Å². The molecule has 0 atom stereocenters. The molecule has 2 aliphatic heterocycles. The number of nitrogens with one attached hydrogen (secondary N) is 1. The van der Waals surface area contributed by atoms with Gasteiger partial charge in [-0.25, -0.2) is 0 Å². The second-order valence-corrected chi connectivity index (χ2v) is 8.93. The summed E-state index contributed by atoms with van der Waals surface area (Å²) in [7, 11) is 0. The highest BCUT2D eigenvalue weighted by Crippen LogP contribution is 2.32. The maximum absolute atomic E-state index is 13.0. The number of ketones is 1. The summed E-state index contributed by atoms with van der Waals surface area (Å²) in [5.41, 5.74) is -0.0510. The number of Topliss-reactive ketones (excluding diaryl/α,β-unsaturated/α-hetero) is 1. The van der Waals surface area contributed by atoms with E-state index in [1.807, 2.05) is 6.07 Å². The second-order valence-electron chi connectivity index (χ2n) is 8.93. The Balaban J connectivity index is 1.28. The van der Waals surface area contributed by atoms with Crippen LogP contribution in [0.25, 0.3) is 0 Å². The standard InChI is InChI=1S/C24H31N3O4/c25-17-24(9-3-1-2-4-10-24)26-22(28)16-27-11-7-18(8-12-27)23(29)19-5-6-20-21(15-19)31-14-13-30-20/h5-6,15,18H,1-4,7-14,16H2,(H,26,28). The average molecular weight is 426 g/mol. The van der Waals surface area contributed by atoms with E-state index in [9.17, 15) is 14.9 Å². The number of piperidine rings is 1. The minimum Gasteiger partial charge on any atom is -0.486 e. The first-order chi connectivity index (χ1) is 15.1. The average Bonchev–Trinajstić information content (AvgIpc) is 3.04. The zero-order chi connectivity index (χ0) is 21.7. The molecule has 0 bridgehead atoms. The molecule has 1 aromatic rings. The number of amides is 1. The third kappa shape index (κ3) is 5.19. The highest BCUT2D eigenvalue weighted by Gasteiger charge is 2.34. The third-order valence-electron chi connectivity index (χ3n) is 6.70. The Kier molecular flexibility index (Phi) is 6.77. The quantitative estimate of drug-likeness (QED) is 0.576. The summed E-state index contributed by atoms with van der Waals surface area (Å²) in [5.74, 6) is 1.32. The zero-order valence-electron chi connectivity index (χ0n) is 18.0. The monoisotopic (exact) mass is 425 g/mol. The van der Waals surface area contributed by atoms with Crippen LogP contribution in [-0.4, -0.2) is 55.0 Å². The van der Waals surface area contributed by atoms with Crippen molar-refractivity contribution in [2.75, 3.05) is 32.8 Å². The summed E-state index contributed by atoms with van der Waals surface area (Å²) in [6.07, 6.45) is 7.16. The van der Waals surface area contributed by atoms with Gasteiger partial charge < -0.3 is 14.8 Å². The van der Waals surface area contributed by atoms with Crippen molar-refractivity contribution in [3.63, 3.8) is 0 Å². The van der Waals surface area contributed by atoms with Gasteiger partial charge in [-0.05, 0) is 57.0 Å². The fourth-order valence-electron chi connectivity index (χ4n) is 4.89. The molecule has 2 heterocycles. The summed E-state index contributed by atoms with van der Waals surface area (Å²) in [5, 5.41) is 12.7. The molecule has 0 aromatic heterocycles. The molecule has 0 spiro atoms. The van der Waals surface area contributed by atoms with Gasteiger partial charge in [-0.15, -0.1) is 0 Å². The van der Waals surface area contributed by atoms with Crippen molar-refractivity contribution >= 4 is 11.7 Å². The van der Waals surface area contributed by atoms with Gasteiger partial charge in [0, 0.05) is 11.5 Å². The van der Waals surface area contributed by atoms with Crippen molar-refractivity contribution in [1.82, 2.24) is 10.2 Å². The minimum atomic E-state index is -0.708. The van der Waals surface area contributed by atoms with E-state index in [4.69, 9.17) is 9.47 Å². The van der Waals surface area contributed by atoms with Gasteiger partial charge in [0.25, 0.3) is 0 Å². The lowest BCUT2D eigenvalue weighted by molar-refractivity contribution is -0.124. The normalized spacial score (nSPS) is 21.5. The topological polar surface area (TPSA) is 91.7 Å². The van der Waals surface area contributed by atoms with E-state index in [1.165, 1.54) is 0 Å². The van der Waals surface area contributed by atoms with Gasteiger partial charge in [-0.2, -0.15) is 5.26 Å². The number of carbonyl (C=O) groups is 2. The Morgan fingerprint density at radius 1 is 1.06 bits per heavy atom. The van der Waals surface area contributed by atoms with Crippen LogP contribution in [0.4, 0.5) is 0 Å². The summed E-state index contributed by atoms with van der Waals surface area (Å²) in [6, 6.07) is 7.77. The summed E-state index contributed by atoms with van der Waals surface area (Å²) in [6.45, 7) is 2.72. The number of benzene rings is 1. The number of nitrogens with zero attached hydrogens (tertiary/aromatic N) is 2. The number of rotatable bonds is 5. The number of fused-ring (bicyclic) bond motifs is 1. The molecule has 4 rings (SSSR count). The third-order valence-corrected chi connectivity index (χ3v) is 6.70. The fourth-order valence-corrected chi connectivity index (χ4v) is 4.89. The molecular weight excluding hydrogens is 394 g/mol. The fraction of sp³-hybridized carbons (Fsp3) is 0.625. The van der Waals surface area contributed by atoms with Gasteiger partial charge >= 0.3 is 0 Å². The highest BCUT2D eigenvalue weighted by atomic mass is 16.6. The van der Waals surface area contributed by atoms with Gasteiger partial charge in [0.2, 0.25) is 5.91 Å². The predicted octanol–water partition coefficient (Wildman–Crippen LogP) is 3.09. The predicted molar refractivity (Wildman–Crippen MR) is 115 cm³/mol. The molecule has 2 fully saturated rings. The van der Waals surface area contributed by atoms with Crippen LogP contribution in [0.2, 0.25) is 0 Å². The summed E-state index contributed by atoms with van der Waals surface area (Å²) in [4.78, 5) is 27.7. The Morgan fingerprint density at radius 3 is 2.42 bits per heavy atom. The molecule has 166 valence electrons. The van der Waals surface area contributed by atoms with E-state index in [0.29, 0.717) is 43.4 Å². The molecule has 1 aliphatic carbocycles. The molecule has 7 nitrogen and oxygen atoms in total. The van der Waals surface area contributed by atoms with Crippen LogP contribution < -0.4 is 14.8 Å². The van der Waals surface area contributed by atoms with E-state index >= 15 is 0 Å². The van der Waals surface area contributed by atoms with Crippen LogP contribution in [0.5, 0.6) is 11.5 Å². The van der Waals surface area contributed by atoms with Crippen molar-refractivity contribution in [2.45, 2.75) is 56.9 Å². The second kappa shape index (κ2) is 9.69. The molecular formula is C24H31N3O4. The van der Waals surface area contributed by atoms with Crippen LogP contribution in [-0.2, 0) is 4.79 Å². The van der Waals surface area contributed by atoms with Crippen molar-refractivity contribution < 1.29 is 19.1 Å². The molecule has 1 amide bonds. The highest BCUT2D eigenvalue weighted by molar-refractivity contribution is 5.98. The van der Waals surface area contributed by atoms with Crippen LogP contribution in [0.15, 0.2) is 18.2 Å². The lowest BCUT2D eigenvalue weighted by atomic mass is 9.88. The Hall–Kier alpha value is -2.59. The molecule has 31 heavy (non-hydrogen) atoms. The lowest BCUT2D eigenvalue weighted by Gasteiger charge is -2.32. The largest absolute Gasteiger partial charge is 0.486 e. The smallest absolute Gasteiger partial charge is 0.235 e. The Morgan fingerprint density at radius 2 is 1.74 bits per heavy atom. The molecule has 7 heteroatoms. The number of ether oxygens (including phenoxy) is 2. The SMILES string of the molecule is N#CC1(NC(=O)CN2CCC(C(=O)c3ccc4c(c3)OCCO4)CC2)CCCCCC1. The molecule has 0 unspecified atom stereocenters. The molecule has 1 saturated carbocycles. The van der Waals surface area contributed by atoms with Crippen LogP contribution in [0, 0.1) is 17.2 Å². The molecule has 1 aromatic carbocycles. The van der Waals surface area contributed by atoms with Crippen LogP contribution in [0.1, 0.15) is 61.7 Å². The minimum absolute atomic E-state index is 0.0471. The molecule has 3 aliphatic rings. The Labute approximate surface area is 183 Å². The molecule has 0 radical (unpaired) electrons. The van der Waals surface area contributed by atoms with E-state index in [2.05, 4.69) is 16.3 Å². The first-order valence-electron chi connectivity index (χ1n) is 11.5. The first-order valence-corrected chi connectivity index (χ1v) is 11.5. The van der Waals surface area contributed by atoms with Gasteiger partial charge in [-0.1, -0.05) is 25.7 Å². The van der Waals surface area contributed by atoms with Crippen molar-refractivity contribution in [3.05, 3.63) is 23.8 Å². The van der Waals surface area contributed by atoms with Crippen LogP contribution >= 0.6 is 0 Å². The molecule has 1 N–H and O–H groups in total. The lowest BCUT2D eigenvalue weighted by Crippen LogP contribution is -2.51. The number of carbonyl (C=O) groups excluding carboxylic acids is 2. The zero-order valence-corrected chi connectivity index (χ0v) is 18.0. The van der Waals surface area contributed by atoms with Crippen LogP contribution in [0.3, 0.4) is 0 Å². The van der Waals surface area contributed by atoms with Crippen molar-refractivity contribution in [1.29, 1.82) is 5.26 Å². The number of hydrogen-bond donors (Lipinski definition) is 1. The van der Waals surface area contributed by atoms with Gasteiger partial charge in [0.15, 0.2) is 17.3 Å². The van der Waals surface area contributed by atoms with E-state index < -0.39 is 5.54 Å².